The third-order valence-electron chi connectivity index (χ3n) is 5.73. The molecule has 1 aromatic carbocycles. The summed E-state index contributed by atoms with van der Waals surface area (Å²) < 4.78 is 4.96. The Balaban J connectivity index is 1.33. The molecule has 0 radical (unpaired) electrons. The summed E-state index contributed by atoms with van der Waals surface area (Å²) in [5, 5.41) is 6.67. The lowest BCUT2D eigenvalue weighted by atomic mass is 9.97. The van der Waals surface area contributed by atoms with Crippen LogP contribution < -0.4 is 10.9 Å². The van der Waals surface area contributed by atoms with E-state index in [4.69, 9.17) is 16.3 Å². The molecular formula is C24H20ClN3O4S3. The van der Waals surface area contributed by atoms with Crippen molar-refractivity contribution in [3.8, 4) is 11.1 Å². The molecule has 11 heteroatoms. The maximum atomic E-state index is 12.7. The molecule has 0 spiro atoms. The Morgan fingerprint density at radius 2 is 2.00 bits per heavy atom. The zero-order valence-corrected chi connectivity index (χ0v) is 21.8. The van der Waals surface area contributed by atoms with Crippen molar-refractivity contribution in [3.05, 3.63) is 61.0 Å². The van der Waals surface area contributed by atoms with E-state index in [1.807, 2.05) is 0 Å². The number of amides is 1. The van der Waals surface area contributed by atoms with Gasteiger partial charge in [-0.15, -0.1) is 22.7 Å². The van der Waals surface area contributed by atoms with E-state index in [-0.39, 0.29) is 22.8 Å². The minimum atomic E-state index is -0.544. The lowest BCUT2D eigenvalue weighted by molar-refractivity contribution is -0.113. The quantitative estimate of drug-likeness (QED) is 0.181. The van der Waals surface area contributed by atoms with Gasteiger partial charge in [0.15, 0.2) is 5.16 Å². The Hall–Kier alpha value is -2.66. The number of carbonyl (C=O) groups excluding carboxylic acids is 2. The molecular weight excluding hydrogens is 526 g/mol. The SMILES string of the molecule is COC(=O)c1c(-c2ccc(Cl)cc2)csc1NC(=O)CSc1nc2sc3c(c2c(=O)[nH]1)CCCC3. The number of hydrogen-bond acceptors (Lipinski definition) is 8. The predicted molar refractivity (Wildman–Crippen MR) is 142 cm³/mol. The normalized spacial score (nSPS) is 13.0. The molecule has 5 rings (SSSR count). The van der Waals surface area contributed by atoms with E-state index < -0.39 is 5.97 Å². The van der Waals surface area contributed by atoms with Crippen molar-refractivity contribution in [3.63, 3.8) is 0 Å². The number of hydrogen-bond donors (Lipinski definition) is 2. The number of aryl methyl sites for hydroxylation is 2. The molecule has 0 aliphatic heterocycles. The monoisotopic (exact) mass is 545 g/mol. The average Bonchev–Trinajstić information content (AvgIpc) is 3.44. The maximum Gasteiger partial charge on any atom is 0.341 e. The summed E-state index contributed by atoms with van der Waals surface area (Å²) in [4.78, 5) is 47.3. The second-order valence-corrected chi connectivity index (χ2v) is 11.3. The molecule has 0 fully saturated rings. The molecule has 2 N–H and O–H groups in total. The van der Waals surface area contributed by atoms with E-state index in [0.29, 0.717) is 26.1 Å². The fourth-order valence-corrected chi connectivity index (χ4v) is 7.19. The topological polar surface area (TPSA) is 101 Å². The Bertz CT molecular complexity index is 1490. The fraction of sp³-hybridized carbons (Fsp3) is 0.250. The standard InChI is InChI=1S/C24H20ClN3O4S3/c1-32-23(31)19-15(12-6-8-13(25)9-7-12)10-33-21(19)26-17(29)11-34-24-27-20(30)18-14-4-2-3-5-16(14)35-22(18)28-24/h6-10H,2-5,11H2,1H3,(H,26,29)(H,27,28,30). The number of thiophene rings is 2. The molecule has 1 aliphatic carbocycles. The van der Waals surface area contributed by atoms with Crippen molar-refractivity contribution >= 4 is 73.1 Å². The van der Waals surface area contributed by atoms with Crippen LogP contribution in [-0.2, 0) is 22.4 Å². The van der Waals surface area contributed by atoms with Crippen molar-refractivity contribution in [2.24, 2.45) is 0 Å². The summed E-state index contributed by atoms with van der Waals surface area (Å²) in [5.74, 6) is -0.843. The molecule has 1 aliphatic rings. The van der Waals surface area contributed by atoms with Crippen molar-refractivity contribution in [2.75, 3.05) is 18.2 Å². The number of rotatable bonds is 6. The van der Waals surface area contributed by atoms with Crippen molar-refractivity contribution in [1.82, 2.24) is 9.97 Å². The highest BCUT2D eigenvalue weighted by molar-refractivity contribution is 7.99. The van der Waals surface area contributed by atoms with Gasteiger partial charge in [-0.3, -0.25) is 9.59 Å². The minimum Gasteiger partial charge on any atom is -0.465 e. The van der Waals surface area contributed by atoms with Crippen LogP contribution in [-0.4, -0.2) is 34.7 Å². The fourth-order valence-electron chi connectivity index (χ4n) is 4.11. The van der Waals surface area contributed by atoms with Gasteiger partial charge in [-0.1, -0.05) is 35.5 Å². The van der Waals surface area contributed by atoms with Gasteiger partial charge in [0.2, 0.25) is 5.91 Å². The van der Waals surface area contributed by atoms with Gasteiger partial charge in [0, 0.05) is 20.8 Å². The average molecular weight is 546 g/mol. The number of fused-ring (bicyclic) bond motifs is 3. The van der Waals surface area contributed by atoms with E-state index >= 15 is 0 Å². The summed E-state index contributed by atoms with van der Waals surface area (Å²) >= 11 is 9.94. The number of nitrogens with zero attached hydrogens (tertiary/aromatic N) is 1. The summed E-state index contributed by atoms with van der Waals surface area (Å²) in [5.41, 5.74) is 2.70. The van der Waals surface area contributed by atoms with E-state index in [1.165, 1.54) is 23.3 Å². The van der Waals surface area contributed by atoms with Crippen molar-refractivity contribution in [2.45, 2.75) is 30.8 Å². The molecule has 35 heavy (non-hydrogen) atoms. The van der Waals surface area contributed by atoms with Crippen LogP contribution in [0.2, 0.25) is 5.02 Å². The smallest absolute Gasteiger partial charge is 0.341 e. The van der Waals surface area contributed by atoms with Gasteiger partial charge in [0.25, 0.3) is 5.56 Å². The number of aromatic nitrogens is 2. The molecule has 0 saturated heterocycles. The first-order chi connectivity index (χ1) is 16.9. The van der Waals surface area contributed by atoms with Gasteiger partial charge in [0.1, 0.15) is 15.4 Å². The molecule has 0 saturated carbocycles. The zero-order chi connectivity index (χ0) is 24.5. The van der Waals surface area contributed by atoms with Gasteiger partial charge >= 0.3 is 5.97 Å². The highest BCUT2D eigenvalue weighted by Crippen LogP contribution is 2.37. The van der Waals surface area contributed by atoms with Crippen molar-refractivity contribution in [1.29, 1.82) is 0 Å². The van der Waals surface area contributed by atoms with Crippen LogP contribution in [0, 0.1) is 0 Å². The van der Waals surface area contributed by atoms with Gasteiger partial charge < -0.3 is 15.0 Å². The van der Waals surface area contributed by atoms with Crippen LogP contribution in [0.3, 0.4) is 0 Å². The molecule has 7 nitrogen and oxygen atoms in total. The van der Waals surface area contributed by atoms with E-state index in [2.05, 4.69) is 15.3 Å². The number of halogens is 1. The first-order valence-electron chi connectivity index (χ1n) is 10.9. The van der Waals surface area contributed by atoms with Gasteiger partial charge in [-0.25, -0.2) is 9.78 Å². The van der Waals surface area contributed by atoms with Gasteiger partial charge in [0.05, 0.1) is 18.2 Å². The molecule has 4 aromatic rings. The molecule has 0 atom stereocenters. The highest BCUT2D eigenvalue weighted by atomic mass is 35.5. The minimum absolute atomic E-state index is 0.0221. The summed E-state index contributed by atoms with van der Waals surface area (Å²) in [7, 11) is 1.30. The highest BCUT2D eigenvalue weighted by Gasteiger charge is 2.23. The number of benzene rings is 1. The Morgan fingerprint density at radius 3 is 2.77 bits per heavy atom. The lowest BCUT2D eigenvalue weighted by Gasteiger charge is -2.09. The van der Waals surface area contributed by atoms with Crippen LogP contribution >= 0.6 is 46.0 Å². The molecule has 3 heterocycles. The third kappa shape index (κ3) is 4.88. The second-order valence-electron chi connectivity index (χ2n) is 7.95. The van der Waals surface area contributed by atoms with Gasteiger partial charge in [-0.2, -0.15) is 0 Å². The Labute approximate surface area is 217 Å². The number of methoxy groups -OCH3 is 1. The number of thioether (sulfide) groups is 1. The van der Waals surface area contributed by atoms with Crippen LogP contribution in [0.15, 0.2) is 39.6 Å². The Kier molecular flexibility index (Phi) is 6.97. The van der Waals surface area contributed by atoms with E-state index in [9.17, 15) is 14.4 Å². The number of esters is 1. The predicted octanol–water partition coefficient (Wildman–Crippen LogP) is 5.76. The van der Waals surface area contributed by atoms with E-state index in [1.54, 1.807) is 41.0 Å². The number of anilines is 1. The number of carbonyl (C=O) groups is 2. The second kappa shape index (κ2) is 10.1. The van der Waals surface area contributed by atoms with Crippen molar-refractivity contribution < 1.29 is 14.3 Å². The van der Waals surface area contributed by atoms with E-state index in [0.717, 1.165) is 53.4 Å². The molecule has 0 unspecified atom stereocenters. The summed E-state index contributed by atoms with van der Waals surface area (Å²) in [6.07, 6.45) is 4.12. The molecule has 180 valence electrons. The number of H-pyrrole nitrogens is 1. The Morgan fingerprint density at radius 1 is 1.23 bits per heavy atom. The number of nitrogens with one attached hydrogen (secondary N) is 2. The van der Waals surface area contributed by atoms with Crippen LogP contribution in [0.25, 0.3) is 21.3 Å². The molecule has 3 aromatic heterocycles. The number of ether oxygens (including phenoxy) is 1. The zero-order valence-electron chi connectivity index (χ0n) is 18.6. The first-order valence-corrected chi connectivity index (χ1v) is 13.9. The maximum absolute atomic E-state index is 12.7. The third-order valence-corrected chi connectivity index (χ3v) is 8.94. The first kappa shape index (κ1) is 24.1. The molecule has 0 bridgehead atoms. The molecule has 1 amide bonds. The number of aromatic amines is 1. The van der Waals surface area contributed by atoms with Crippen LogP contribution in [0.1, 0.15) is 33.6 Å². The summed E-state index contributed by atoms with van der Waals surface area (Å²) in [6, 6.07) is 7.08. The van der Waals surface area contributed by atoms with Crippen LogP contribution in [0.5, 0.6) is 0 Å². The van der Waals surface area contributed by atoms with Crippen LogP contribution in [0.4, 0.5) is 5.00 Å². The van der Waals surface area contributed by atoms with Gasteiger partial charge in [-0.05, 0) is 48.9 Å². The summed E-state index contributed by atoms with van der Waals surface area (Å²) in [6.45, 7) is 0. The lowest BCUT2D eigenvalue weighted by Crippen LogP contribution is -2.17. The largest absolute Gasteiger partial charge is 0.465 e.